The molecule has 0 fully saturated rings. The van der Waals surface area contributed by atoms with E-state index >= 15 is 0 Å². The third-order valence-corrected chi connectivity index (χ3v) is 5.70. The Bertz CT molecular complexity index is 1380. The number of hydrogen-bond acceptors (Lipinski definition) is 7. The number of benzene rings is 2. The molecule has 1 unspecified atom stereocenters. The zero-order valence-electron chi connectivity index (χ0n) is 20.3. The van der Waals surface area contributed by atoms with E-state index in [9.17, 15) is 28.0 Å². The molecule has 0 saturated carbocycles. The third-order valence-electron chi connectivity index (χ3n) is 5.70. The standard InChI is InChI=1S/C25H22F3N5O5/c1-15-14-32-22(20(13-30-32)31-23(34)16-3-8-21(36-2)17(11-16)12-29)24(35)33(15)18-4-6-19(7-5-18)37-9-10-38-25(26,27)28/h3-8,11,13,15H,9-10,14H2,1-2H3,(H,31,34). The van der Waals surface area contributed by atoms with Crippen molar-refractivity contribution in [2.24, 2.45) is 0 Å². The molecule has 38 heavy (non-hydrogen) atoms. The number of nitrogens with one attached hydrogen (secondary N) is 1. The van der Waals surface area contributed by atoms with Crippen molar-refractivity contribution in [3.05, 3.63) is 65.5 Å². The van der Waals surface area contributed by atoms with Gasteiger partial charge >= 0.3 is 6.36 Å². The monoisotopic (exact) mass is 529 g/mol. The number of alkyl halides is 3. The quantitative estimate of drug-likeness (QED) is 0.439. The number of methoxy groups -OCH3 is 1. The highest BCUT2D eigenvalue weighted by Crippen LogP contribution is 2.30. The van der Waals surface area contributed by atoms with Gasteiger partial charge in [-0.25, -0.2) is 0 Å². The van der Waals surface area contributed by atoms with Crippen LogP contribution in [0.3, 0.4) is 0 Å². The van der Waals surface area contributed by atoms with Gasteiger partial charge in [0.1, 0.15) is 29.9 Å². The predicted octanol–water partition coefficient (Wildman–Crippen LogP) is 3.98. The van der Waals surface area contributed by atoms with E-state index in [1.54, 1.807) is 12.1 Å². The molecule has 0 radical (unpaired) electrons. The second kappa shape index (κ2) is 10.8. The molecule has 1 aliphatic heterocycles. The number of aromatic nitrogens is 2. The average molecular weight is 529 g/mol. The minimum Gasteiger partial charge on any atom is -0.495 e. The van der Waals surface area contributed by atoms with E-state index in [1.807, 2.05) is 13.0 Å². The lowest BCUT2D eigenvalue weighted by atomic mass is 10.1. The number of carbonyl (C=O) groups is 2. The summed E-state index contributed by atoms with van der Waals surface area (Å²) in [6.45, 7) is 1.23. The van der Waals surface area contributed by atoms with Crippen molar-refractivity contribution in [1.82, 2.24) is 9.78 Å². The van der Waals surface area contributed by atoms with Crippen LogP contribution in [0.15, 0.2) is 48.7 Å². The summed E-state index contributed by atoms with van der Waals surface area (Å²) in [6.07, 6.45) is -3.34. The summed E-state index contributed by atoms with van der Waals surface area (Å²) < 4.78 is 51.8. The molecule has 0 spiro atoms. The van der Waals surface area contributed by atoms with Crippen LogP contribution in [0.4, 0.5) is 24.5 Å². The van der Waals surface area contributed by atoms with Gasteiger partial charge in [0.25, 0.3) is 11.8 Å². The van der Waals surface area contributed by atoms with Crippen LogP contribution in [-0.4, -0.2) is 54.3 Å². The van der Waals surface area contributed by atoms with Crippen LogP contribution in [0, 0.1) is 11.3 Å². The molecule has 3 aromatic rings. The van der Waals surface area contributed by atoms with E-state index < -0.39 is 24.8 Å². The number of hydrogen-bond donors (Lipinski definition) is 1. The van der Waals surface area contributed by atoms with Crippen LogP contribution in [0.1, 0.15) is 33.3 Å². The van der Waals surface area contributed by atoms with E-state index in [-0.39, 0.29) is 35.2 Å². The maximum Gasteiger partial charge on any atom is 0.522 e. The minimum atomic E-state index is -4.73. The molecule has 2 heterocycles. The summed E-state index contributed by atoms with van der Waals surface area (Å²) >= 11 is 0. The van der Waals surface area contributed by atoms with Crippen molar-refractivity contribution in [2.45, 2.75) is 25.9 Å². The summed E-state index contributed by atoms with van der Waals surface area (Å²) in [5.74, 6) is -0.297. The van der Waals surface area contributed by atoms with Crippen LogP contribution in [-0.2, 0) is 11.3 Å². The summed E-state index contributed by atoms with van der Waals surface area (Å²) in [5, 5.41) is 16.2. The SMILES string of the molecule is COc1ccc(C(=O)Nc2cnn3c2C(=O)N(c2ccc(OCCOC(F)(F)F)cc2)C(C)C3)cc1C#N. The first-order valence-electron chi connectivity index (χ1n) is 11.3. The number of halogens is 3. The van der Waals surface area contributed by atoms with E-state index in [1.165, 1.54) is 53.2 Å². The van der Waals surface area contributed by atoms with Gasteiger partial charge in [0, 0.05) is 11.3 Å². The third kappa shape index (κ3) is 5.70. The molecule has 4 rings (SSSR count). The summed E-state index contributed by atoms with van der Waals surface area (Å²) in [6, 6.07) is 12.4. The van der Waals surface area contributed by atoms with Crippen LogP contribution in [0.2, 0.25) is 0 Å². The largest absolute Gasteiger partial charge is 0.522 e. The molecule has 0 bridgehead atoms. The molecular formula is C25H22F3N5O5. The second-order valence-corrected chi connectivity index (χ2v) is 8.23. The fourth-order valence-corrected chi connectivity index (χ4v) is 4.01. The van der Waals surface area contributed by atoms with Gasteiger partial charge in [-0.2, -0.15) is 10.4 Å². The van der Waals surface area contributed by atoms with Crippen LogP contribution >= 0.6 is 0 Å². The van der Waals surface area contributed by atoms with Crippen molar-refractivity contribution >= 4 is 23.2 Å². The molecule has 13 heteroatoms. The molecule has 0 aliphatic carbocycles. The minimum absolute atomic E-state index is 0.176. The molecule has 2 aromatic carbocycles. The Morgan fingerprint density at radius 1 is 1.21 bits per heavy atom. The lowest BCUT2D eigenvalue weighted by Crippen LogP contribution is -2.47. The van der Waals surface area contributed by atoms with Crippen molar-refractivity contribution < 1.29 is 37.0 Å². The zero-order chi connectivity index (χ0) is 27.4. The molecule has 1 aromatic heterocycles. The summed E-state index contributed by atoms with van der Waals surface area (Å²) in [4.78, 5) is 27.9. The van der Waals surface area contributed by atoms with Crippen molar-refractivity contribution in [1.29, 1.82) is 5.26 Å². The number of nitriles is 1. The Hall–Kier alpha value is -4.57. The molecule has 2 amide bonds. The fourth-order valence-electron chi connectivity index (χ4n) is 4.01. The molecule has 1 aliphatic rings. The molecule has 198 valence electrons. The number of amides is 2. The Labute approximate surface area is 215 Å². The Morgan fingerprint density at radius 3 is 2.61 bits per heavy atom. The highest BCUT2D eigenvalue weighted by Gasteiger charge is 2.35. The van der Waals surface area contributed by atoms with Gasteiger partial charge in [0.05, 0.1) is 43.8 Å². The number of nitrogens with zero attached hydrogens (tertiary/aromatic N) is 4. The summed E-state index contributed by atoms with van der Waals surface area (Å²) in [7, 11) is 1.42. The molecule has 10 nitrogen and oxygen atoms in total. The molecule has 0 saturated heterocycles. The van der Waals surface area contributed by atoms with Gasteiger partial charge in [0.15, 0.2) is 0 Å². The topological polar surface area (TPSA) is 119 Å². The van der Waals surface area contributed by atoms with Gasteiger partial charge in [-0.15, -0.1) is 13.2 Å². The van der Waals surface area contributed by atoms with Gasteiger partial charge in [0.2, 0.25) is 0 Å². The van der Waals surface area contributed by atoms with Crippen molar-refractivity contribution in [2.75, 3.05) is 30.5 Å². The van der Waals surface area contributed by atoms with Gasteiger partial charge < -0.3 is 19.7 Å². The molecule has 1 atom stereocenters. The first-order chi connectivity index (χ1) is 18.1. The predicted molar refractivity (Wildman–Crippen MR) is 128 cm³/mol. The van der Waals surface area contributed by atoms with Crippen molar-refractivity contribution in [3.8, 4) is 17.6 Å². The maximum absolute atomic E-state index is 13.5. The lowest BCUT2D eigenvalue weighted by molar-refractivity contribution is -0.325. The maximum atomic E-state index is 13.5. The highest BCUT2D eigenvalue weighted by atomic mass is 19.4. The van der Waals surface area contributed by atoms with E-state index in [0.717, 1.165) is 0 Å². The molecular weight excluding hydrogens is 507 g/mol. The number of rotatable bonds is 8. The number of fused-ring (bicyclic) bond motifs is 1. The first kappa shape index (κ1) is 26.5. The van der Waals surface area contributed by atoms with E-state index in [0.29, 0.717) is 23.7 Å². The average Bonchev–Trinajstić information content (AvgIpc) is 3.28. The van der Waals surface area contributed by atoms with Gasteiger partial charge in [-0.1, -0.05) is 0 Å². The molecule has 1 N–H and O–H groups in total. The van der Waals surface area contributed by atoms with E-state index in [4.69, 9.17) is 9.47 Å². The smallest absolute Gasteiger partial charge is 0.495 e. The highest BCUT2D eigenvalue weighted by molar-refractivity contribution is 6.13. The van der Waals surface area contributed by atoms with Crippen LogP contribution in [0.5, 0.6) is 11.5 Å². The second-order valence-electron chi connectivity index (χ2n) is 8.23. The van der Waals surface area contributed by atoms with Crippen molar-refractivity contribution in [3.63, 3.8) is 0 Å². The van der Waals surface area contributed by atoms with Gasteiger partial charge in [-0.3, -0.25) is 19.0 Å². The van der Waals surface area contributed by atoms with Gasteiger partial charge in [-0.05, 0) is 49.4 Å². The number of carbonyl (C=O) groups excluding carboxylic acids is 2. The first-order valence-corrected chi connectivity index (χ1v) is 11.3. The fraction of sp³-hybridized carbons (Fsp3) is 0.280. The normalized spacial score (nSPS) is 15.0. The Kier molecular flexibility index (Phi) is 7.54. The Balaban J connectivity index is 1.49. The Morgan fingerprint density at radius 2 is 1.95 bits per heavy atom. The van der Waals surface area contributed by atoms with E-state index in [2.05, 4.69) is 15.2 Å². The number of ether oxygens (including phenoxy) is 3. The number of anilines is 2. The van der Waals surface area contributed by atoms with Crippen LogP contribution in [0.25, 0.3) is 0 Å². The van der Waals surface area contributed by atoms with Crippen LogP contribution < -0.4 is 19.7 Å². The zero-order valence-corrected chi connectivity index (χ0v) is 20.3. The lowest BCUT2D eigenvalue weighted by Gasteiger charge is -2.34. The summed E-state index contributed by atoms with van der Waals surface area (Å²) in [5.41, 5.74) is 1.30.